The van der Waals surface area contributed by atoms with Crippen LogP contribution in [0.2, 0.25) is 0 Å². The number of hydrogen-bond donors (Lipinski definition) is 1. The summed E-state index contributed by atoms with van der Waals surface area (Å²) in [6.07, 6.45) is 6.50. The molecule has 0 saturated heterocycles. The lowest BCUT2D eigenvalue weighted by atomic mass is 9.95. The Morgan fingerprint density at radius 2 is 1.97 bits per heavy atom. The van der Waals surface area contributed by atoms with Gasteiger partial charge in [0.2, 0.25) is 0 Å². The van der Waals surface area contributed by atoms with Gasteiger partial charge < -0.3 is 10.2 Å². The number of hydrogen-bond acceptors (Lipinski definition) is 4. The van der Waals surface area contributed by atoms with Crippen molar-refractivity contribution in [3.63, 3.8) is 0 Å². The molecule has 3 aromatic rings. The third kappa shape index (κ3) is 3.53. The smallest absolute Gasteiger partial charge is 0.252 e. The number of nitrogens with one attached hydrogen (secondary N) is 1. The summed E-state index contributed by atoms with van der Waals surface area (Å²) >= 11 is 0. The fourth-order valence-corrected chi connectivity index (χ4v) is 4.41. The van der Waals surface area contributed by atoms with E-state index in [4.69, 9.17) is 4.98 Å². The first-order valence-corrected chi connectivity index (χ1v) is 10.3. The molecule has 1 amide bonds. The van der Waals surface area contributed by atoms with Gasteiger partial charge in [0.25, 0.3) is 5.91 Å². The Labute approximate surface area is 171 Å². The first-order valence-electron chi connectivity index (χ1n) is 10.3. The zero-order valence-electron chi connectivity index (χ0n) is 17.7. The molecule has 6 nitrogen and oxygen atoms in total. The van der Waals surface area contributed by atoms with Crippen molar-refractivity contribution < 1.29 is 4.79 Å². The Hall–Kier alpha value is -2.73. The van der Waals surface area contributed by atoms with Crippen LogP contribution in [0.25, 0.3) is 22.2 Å². The zero-order chi connectivity index (χ0) is 20.6. The maximum Gasteiger partial charge on any atom is 0.252 e. The minimum absolute atomic E-state index is 0.0421. The Morgan fingerprint density at radius 3 is 2.62 bits per heavy atom. The highest BCUT2D eigenvalue weighted by atomic mass is 16.1. The van der Waals surface area contributed by atoms with Crippen molar-refractivity contribution in [1.29, 1.82) is 0 Å². The van der Waals surface area contributed by atoms with Gasteiger partial charge in [0.1, 0.15) is 0 Å². The summed E-state index contributed by atoms with van der Waals surface area (Å²) in [4.78, 5) is 20.3. The van der Waals surface area contributed by atoms with E-state index in [0.29, 0.717) is 12.1 Å². The molecular formula is C23H29N5O. The Balaban J connectivity index is 1.70. The van der Waals surface area contributed by atoms with Crippen molar-refractivity contribution in [2.45, 2.75) is 38.1 Å². The Bertz CT molecular complexity index is 1050. The Morgan fingerprint density at radius 1 is 1.24 bits per heavy atom. The molecule has 2 aromatic heterocycles. The summed E-state index contributed by atoms with van der Waals surface area (Å²) in [6.45, 7) is 2.68. The van der Waals surface area contributed by atoms with Gasteiger partial charge in [-0.05, 0) is 46.0 Å². The summed E-state index contributed by atoms with van der Waals surface area (Å²) in [5, 5.41) is 8.43. The van der Waals surface area contributed by atoms with Gasteiger partial charge in [0.05, 0.1) is 23.0 Å². The third-order valence-corrected chi connectivity index (χ3v) is 6.53. The van der Waals surface area contributed by atoms with Crippen LogP contribution in [-0.4, -0.2) is 51.8 Å². The van der Waals surface area contributed by atoms with Crippen LogP contribution in [0.15, 0.2) is 36.5 Å². The number of aryl methyl sites for hydroxylation is 1. The van der Waals surface area contributed by atoms with E-state index in [9.17, 15) is 4.79 Å². The van der Waals surface area contributed by atoms with E-state index in [2.05, 4.69) is 29.4 Å². The molecule has 0 spiro atoms. The average Bonchev–Trinajstić information content (AvgIpc) is 3.33. The largest absolute Gasteiger partial charge is 0.350 e. The van der Waals surface area contributed by atoms with Crippen LogP contribution in [0.4, 0.5) is 0 Å². The van der Waals surface area contributed by atoms with Gasteiger partial charge in [0, 0.05) is 35.8 Å². The number of amides is 1. The number of carbonyl (C=O) groups is 1. The summed E-state index contributed by atoms with van der Waals surface area (Å²) in [7, 11) is 6.14. The van der Waals surface area contributed by atoms with Gasteiger partial charge in [-0.1, -0.05) is 31.0 Å². The lowest BCUT2D eigenvalue weighted by Crippen LogP contribution is -2.50. The van der Waals surface area contributed by atoms with Gasteiger partial charge in [-0.2, -0.15) is 5.10 Å². The average molecular weight is 392 g/mol. The predicted octanol–water partition coefficient (Wildman–Crippen LogP) is 3.55. The molecule has 1 saturated carbocycles. The van der Waals surface area contributed by atoms with Crippen LogP contribution in [0.5, 0.6) is 0 Å². The zero-order valence-corrected chi connectivity index (χ0v) is 17.7. The third-order valence-electron chi connectivity index (χ3n) is 6.53. The minimum atomic E-state index is -0.0421. The van der Waals surface area contributed by atoms with Gasteiger partial charge in [-0.25, -0.2) is 4.98 Å². The molecule has 1 fully saturated rings. The van der Waals surface area contributed by atoms with E-state index in [0.717, 1.165) is 40.7 Å². The second kappa shape index (κ2) is 7.59. The van der Waals surface area contributed by atoms with Crippen molar-refractivity contribution in [3.05, 3.63) is 47.8 Å². The van der Waals surface area contributed by atoms with Crippen molar-refractivity contribution in [3.8, 4) is 11.3 Å². The molecule has 1 N–H and O–H groups in total. The fraction of sp³-hybridized carbons (Fsp3) is 0.435. The molecule has 0 bridgehead atoms. The van der Waals surface area contributed by atoms with E-state index in [1.165, 1.54) is 12.8 Å². The quantitative estimate of drug-likeness (QED) is 0.722. The molecule has 1 aliphatic carbocycles. The number of pyridine rings is 1. The van der Waals surface area contributed by atoms with E-state index in [-0.39, 0.29) is 11.4 Å². The molecule has 2 heterocycles. The van der Waals surface area contributed by atoms with Gasteiger partial charge in [-0.15, -0.1) is 0 Å². The van der Waals surface area contributed by atoms with Crippen LogP contribution in [0, 0.1) is 6.92 Å². The number of rotatable bonds is 5. The van der Waals surface area contributed by atoms with E-state index in [1.807, 2.05) is 55.2 Å². The molecule has 4 rings (SSSR count). The Kier molecular flexibility index (Phi) is 5.13. The van der Waals surface area contributed by atoms with E-state index in [1.54, 1.807) is 0 Å². The second-order valence-corrected chi connectivity index (χ2v) is 8.35. The van der Waals surface area contributed by atoms with Crippen molar-refractivity contribution in [2.24, 2.45) is 7.05 Å². The van der Waals surface area contributed by atoms with Crippen LogP contribution < -0.4 is 5.32 Å². The van der Waals surface area contributed by atoms with Gasteiger partial charge >= 0.3 is 0 Å². The normalized spacial score (nSPS) is 15.9. The van der Waals surface area contributed by atoms with Crippen molar-refractivity contribution in [2.75, 3.05) is 20.6 Å². The monoisotopic (exact) mass is 391 g/mol. The van der Waals surface area contributed by atoms with Gasteiger partial charge in [-0.3, -0.25) is 9.48 Å². The van der Waals surface area contributed by atoms with Crippen LogP contribution in [0.3, 0.4) is 0 Å². The standard InChI is InChI=1S/C23H29N5O/c1-16-19(14-25-28(16)4)21-13-18(17-9-5-6-10-20(17)26-21)22(29)24-15-23(27(2)3)11-7-8-12-23/h5-6,9-10,13-14H,7-8,11-12,15H2,1-4H3,(H,24,29). The number of likely N-dealkylation sites (N-methyl/N-ethyl adjacent to an activating group) is 1. The number of para-hydroxylation sites is 1. The molecule has 29 heavy (non-hydrogen) atoms. The van der Waals surface area contributed by atoms with Crippen molar-refractivity contribution >= 4 is 16.8 Å². The maximum absolute atomic E-state index is 13.3. The number of aromatic nitrogens is 3. The minimum Gasteiger partial charge on any atom is -0.350 e. The molecule has 0 unspecified atom stereocenters. The molecule has 0 atom stereocenters. The fourth-order valence-electron chi connectivity index (χ4n) is 4.41. The molecule has 1 aliphatic rings. The second-order valence-electron chi connectivity index (χ2n) is 8.35. The van der Waals surface area contributed by atoms with Crippen LogP contribution >= 0.6 is 0 Å². The number of carbonyl (C=O) groups excluding carboxylic acids is 1. The SMILES string of the molecule is Cc1c(-c2cc(C(=O)NCC3(N(C)C)CCCC3)c3ccccc3n2)cnn1C. The highest BCUT2D eigenvalue weighted by Gasteiger charge is 2.36. The number of fused-ring (bicyclic) bond motifs is 1. The highest BCUT2D eigenvalue weighted by molar-refractivity contribution is 6.07. The highest BCUT2D eigenvalue weighted by Crippen LogP contribution is 2.33. The molecule has 6 heteroatoms. The molecule has 1 aromatic carbocycles. The topological polar surface area (TPSA) is 63.1 Å². The summed E-state index contributed by atoms with van der Waals surface area (Å²) in [5.74, 6) is -0.0421. The number of benzene rings is 1. The molecule has 0 aliphatic heterocycles. The van der Waals surface area contributed by atoms with E-state index < -0.39 is 0 Å². The first kappa shape index (κ1) is 19.6. The van der Waals surface area contributed by atoms with Crippen molar-refractivity contribution in [1.82, 2.24) is 25.0 Å². The molecule has 0 radical (unpaired) electrons. The van der Waals surface area contributed by atoms with Crippen LogP contribution in [0.1, 0.15) is 41.7 Å². The lowest BCUT2D eigenvalue weighted by Gasteiger charge is -2.36. The first-order chi connectivity index (χ1) is 13.9. The van der Waals surface area contributed by atoms with Crippen LogP contribution in [-0.2, 0) is 7.05 Å². The number of nitrogens with zero attached hydrogens (tertiary/aromatic N) is 4. The summed E-state index contributed by atoms with van der Waals surface area (Å²) in [5.41, 5.74) is 4.30. The summed E-state index contributed by atoms with van der Waals surface area (Å²) < 4.78 is 1.83. The van der Waals surface area contributed by atoms with E-state index >= 15 is 0 Å². The maximum atomic E-state index is 13.3. The summed E-state index contributed by atoms with van der Waals surface area (Å²) in [6, 6.07) is 9.73. The molecular weight excluding hydrogens is 362 g/mol. The molecule has 152 valence electrons. The lowest BCUT2D eigenvalue weighted by molar-refractivity contribution is 0.0901. The van der Waals surface area contributed by atoms with Gasteiger partial charge in [0.15, 0.2) is 0 Å². The predicted molar refractivity (Wildman–Crippen MR) is 116 cm³/mol.